The van der Waals surface area contributed by atoms with Crippen LogP contribution >= 0.6 is 0 Å². The SMILES string of the molecule is C=C/C=C1/C=C(CCC(=O)O)C(C)(C)N([SH](=O)=O)/C1=C/C. The number of hydrogen-bond acceptors (Lipinski definition) is 3. The van der Waals surface area contributed by atoms with E-state index in [0.717, 1.165) is 5.57 Å². The third kappa shape index (κ3) is 3.64. The smallest absolute Gasteiger partial charge is 0.303 e. The standard InChI is InChI=1S/C15H21NO4S/c1-5-7-11-10-12(8-9-14(17)18)15(3,4)16(21(19)20)13(11)6-2/h5-7,10,21H,1,8-9H2,2-4H3,(H,17,18)/b11-7-,13-6+. The number of thiol groups is 1. The van der Waals surface area contributed by atoms with Gasteiger partial charge in [-0.05, 0) is 38.3 Å². The highest BCUT2D eigenvalue weighted by molar-refractivity contribution is 7.70. The average molecular weight is 311 g/mol. The predicted octanol–water partition coefficient (Wildman–Crippen LogP) is 2.41. The van der Waals surface area contributed by atoms with Crippen LogP contribution in [0.1, 0.15) is 33.6 Å². The van der Waals surface area contributed by atoms with Crippen molar-refractivity contribution in [2.24, 2.45) is 0 Å². The van der Waals surface area contributed by atoms with Gasteiger partial charge in [-0.25, -0.2) is 8.42 Å². The molecule has 0 fully saturated rings. The van der Waals surface area contributed by atoms with E-state index < -0.39 is 22.4 Å². The summed E-state index contributed by atoms with van der Waals surface area (Å²) in [7, 11) is -2.84. The highest BCUT2D eigenvalue weighted by atomic mass is 32.2. The van der Waals surface area contributed by atoms with Crippen molar-refractivity contribution in [1.82, 2.24) is 4.31 Å². The van der Waals surface area contributed by atoms with Gasteiger partial charge >= 0.3 is 5.97 Å². The Bertz CT molecular complexity index is 601. The Morgan fingerprint density at radius 1 is 1.48 bits per heavy atom. The third-order valence-corrected chi connectivity index (χ3v) is 4.55. The minimum Gasteiger partial charge on any atom is -0.481 e. The summed E-state index contributed by atoms with van der Waals surface area (Å²) in [6.07, 6.45) is 7.15. The van der Waals surface area contributed by atoms with Gasteiger partial charge in [0.1, 0.15) is 0 Å². The second-order valence-electron chi connectivity index (χ2n) is 5.20. The average Bonchev–Trinajstić information content (AvgIpc) is 2.37. The number of carboxylic acid groups (broad SMARTS) is 1. The van der Waals surface area contributed by atoms with Crippen LogP contribution in [0.15, 0.2) is 47.7 Å². The number of allylic oxidation sites excluding steroid dienone is 4. The van der Waals surface area contributed by atoms with Crippen LogP contribution in [0.4, 0.5) is 0 Å². The van der Waals surface area contributed by atoms with Crippen LogP contribution in [0, 0.1) is 0 Å². The Morgan fingerprint density at radius 2 is 2.10 bits per heavy atom. The predicted molar refractivity (Wildman–Crippen MR) is 83.2 cm³/mol. The molecule has 0 saturated heterocycles. The molecule has 0 atom stereocenters. The molecule has 1 heterocycles. The molecule has 0 aromatic rings. The molecule has 0 aromatic carbocycles. The van der Waals surface area contributed by atoms with Gasteiger partial charge in [-0.3, -0.25) is 9.10 Å². The van der Waals surface area contributed by atoms with Crippen LogP contribution in [-0.2, 0) is 15.7 Å². The van der Waals surface area contributed by atoms with Gasteiger partial charge in [0.15, 0.2) is 0 Å². The van der Waals surface area contributed by atoms with E-state index in [4.69, 9.17) is 5.11 Å². The molecule has 0 aliphatic carbocycles. The van der Waals surface area contributed by atoms with Gasteiger partial charge in [0.25, 0.3) is 0 Å². The normalized spacial score (nSPS) is 21.7. The summed E-state index contributed by atoms with van der Waals surface area (Å²) in [5.74, 6) is -0.907. The molecular weight excluding hydrogens is 290 g/mol. The summed E-state index contributed by atoms with van der Waals surface area (Å²) in [4.78, 5) is 10.8. The zero-order chi connectivity index (χ0) is 16.2. The maximum atomic E-state index is 11.7. The van der Waals surface area contributed by atoms with Gasteiger partial charge in [-0.1, -0.05) is 30.9 Å². The first-order chi connectivity index (χ1) is 9.75. The Balaban J connectivity index is 3.44. The zero-order valence-corrected chi connectivity index (χ0v) is 13.4. The minimum absolute atomic E-state index is 0.0364. The van der Waals surface area contributed by atoms with Gasteiger partial charge < -0.3 is 5.11 Å². The number of aliphatic carboxylic acids is 1. The Morgan fingerprint density at radius 3 is 2.52 bits per heavy atom. The fourth-order valence-electron chi connectivity index (χ4n) is 2.46. The largest absolute Gasteiger partial charge is 0.481 e. The lowest BCUT2D eigenvalue weighted by molar-refractivity contribution is -0.137. The molecule has 5 nitrogen and oxygen atoms in total. The van der Waals surface area contributed by atoms with Crippen molar-refractivity contribution < 1.29 is 18.3 Å². The topological polar surface area (TPSA) is 74.7 Å². The lowest BCUT2D eigenvalue weighted by Gasteiger charge is -2.43. The van der Waals surface area contributed by atoms with Crippen molar-refractivity contribution in [2.75, 3.05) is 0 Å². The van der Waals surface area contributed by atoms with Crippen molar-refractivity contribution in [3.63, 3.8) is 0 Å². The van der Waals surface area contributed by atoms with Gasteiger partial charge in [0.05, 0.1) is 11.2 Å². The van der Waals surface area contributed by atoms with Crippen molar-refractivity contribution in [3.05, 3.63) is 47.7 Å². The van der Waals surface area contributed by atoms with Crippen LogP contribution in [0.2, 0.25) is 0 Å². The lowest BCUT2D eigenvalue weighted by atomic mass is 9.84. The molecule has 0 spiro atoms. The first kappa shape index (κ1) is 17.2. The fourth-order valence-corrected chi connectivity index (χ4v) is 3.40. The zero-order valence-electron chi connectivity index (χ0n) is 12.5. The van der Waals surface area contributed by atoms with Crippen molar-refractivity contribution in [2.45, 2.75) is 39.2 Å². The highest BCUT2D eigenvalue weighted by Crippen LogP contribution is 2.39. The minimum atomic E-state index is -2.84. The Hall–Kier alpha value is -1.82. The molecule has 0 amide bonds. The molecule has 0 bridgehead atoms. The number of carbonyl (C=O) groups is 1. The van der Waals surface area contributed by atoms with E-state index >= 15 is 0 Å². The van der Waals surface area contributed by atoms with Crippen molar-refractivity contribution >= 4 is 16.9 Å². The molecule has 1 N–H and O–H groups in total. The quantitative estimate of drug-likeness (QED) is 0.765. The molecule has 0 aromatic heterocycles. The van der Waals surface area contributed by atoms with Crippen LogP contribution in [0.3, 0.4) is 0 Å². The van der Waals surface area contributed by atoms with E-state index in [1.807, 2.05) is 6.08 Å². The second kappa shape index (κ2) is 6.76. The maximum Gasteiger partial charge on any atom is 0.303 e. The fraction of sp³-hybridized carbons (Fsp3) is 0.400. The number of nitrogens with zero attached hydrogens (tertiary/aromatic N) is 1. The van der Waals surface area contributed by atoms with Crippen LogP contribution in [0.5, 0.6) is 0 Å². The van der Waals surface area contributed by atoms with E-state index in [1.54, 1.807) is 39.0 Å². The molecule has 1 aliphatic rings. The summed E-state index contributed by atoms with van der Waals surface area (Å²) in [5.41, 5.74) is 1.27. The molecule has 1 rings (SSSR count). The van der Waals surface area contributed by atoms with Gasteiger partial charge in [0.2, 0.25) is 10.9 Å². The molecule has 1 aliphatic heterocycles. The van der Waals surface area contributed by atoms with Crippen molar-refractivity contribution in [3.8, 4) is 0 Å². The van der Waals surface area contributed by atoms with Crippen molar-refractivity contribution in [1.29, 1.82) is 0 Å². The van der Waals surface area contributed by atoms with Gasteiger partial charge in [0, 0.05) is 6.42 Å². The third-order valence-electron chi connectivity index (χ3n) is 3.51. The number of rotatable bonds is 5. The van der Waals surface area contributed by atoms with E-state index in [0.29, 0.717) is 17.7 Å². The second-order valence-corrected chi connectivity index (χ2v) is 6.08. The summed E-state index contributed by atoms with van der Waals surface area (Å²) in [5, 5.41) is 8.85. The van der Waals surface area contributed by atoms with E-state index in [2.05, 4.69) is 6.58 Å². The summed E-state index contributed by atoms with van der Waals surface area (Å²) < 4.78 is 24.7. The summed E-state index contributed by atoms with van der Waals surface area (Å²) in [6, 6.07) is 0. The van der Waals surface area contributed by atoms with Gasteiger partial charge in [-0.15, -0.1) is 0 Å². The van der Waals surface area contributed by atoms with Crippen LogP contribution in [-0.4, -0.2) is 29.3 Å². The maximum absolute atomic E-state index is 11.7. The molecule has 116 valence electrons. The van der Waals surface area contributed by atoms with Crippen LogP contribution < -0.4 is 0 Å². The Kier molecular flexibility index (Phi) is 5.54. The monoisotopic (exact) mass is 311 g/mol. The molecule has 0 unspecified atom stereocenters. The van der Waals surface area contributed by atoms with E-state index in [1.165, 1.54) is 4.31 Å². The first-order valence-electron chi connectivity index (χ1n) is 6.62. The van der Waals surface area contributed by atoms with Crippen LogP contribution in [0.25, 0.3) is 0 Å². The highest BCUT2D eigenvalue weighted by Gasteiger charge is 2.38. The van der Waals surface area contributed by atoms with E-state index in [-0.39, 0.29) is 6.42 Å². The Labute approximate surface area is 127 Å². The van der Waals surface area contributed by atoms with E-state index in [9.17, 15) is 13.2 Å². The first-order valence-corrected chi connectivity index (χ1v) is 7.75. The molecule has 0 saturated carbocycles. The lowest BCUT2D eigenvalue weighted by Crippen LogP contribution is -2.46. The molecule has 21 heavy (non-hydrogen) atoms. The molecule has 6 heteroatoms. The summed E-state index contributed by atoms with van der Waals surface area (Å²) in [6.45, 7) is 8.96. The van der Waals surface area contributed by atoms with Gasteiger partial charge in [-0.2, -0.15) is 0 Å². The molecule has 0 radical (unpaired) electrons. The molecular formula is C15H21NO4S. The summed E-state index contributed by atoms with van der Waals surface area (Å²) >= 11 is 0. The number of hydrogen-bond donors (Lipinski definition) is 2. The number of carboxylic acids is 1.